The first-order chi connectivity index (χ1) is 13.6. The number of carbonyl (C=O) groups excluding carboxylic acids is 2. The summed E-state index contributed by atoms with van der Waals surface area (Å²) in [6.07, 6.45) is 4.13. The maximum absolute atomic E-state index is 13.3. The molecule has 7 nitrogen and oxygen atoms in total. The molecule has 28 heavy (non-hydrogen) atoms. The molecular formula is C19H23ClN4O3S. The van der Waals surface area contributed by atoms with Crippen LogP contribution >= 0.6 is 23.1 Å². The lowest BCUT2D eigenvalue weighted by atomic mass is 10.0. The number of nitrogens with zero attached hydrogens (tertiary/aromatic N) is 3. The molecule has 0 radical (unpaired) electrons. The van der Waals surface area contributed by atoms with E-state index in [1.54, 1.807) is 36.8 Å². The summed E-state index contributed by atoms with van der Waals surface area (Å²) in [5.74, 6) is -0.561. The second-order valence-corrected chi connectivity index (χ2v) is 7.77. The van der Waals surface area contributed by atoms with Gasteiger partial charge in [0, 0.05) is 30.1 Å². The minimum absolute atomic E-state index is 0.141. The van der Waals surface area contributed by atoms with Gasteiger partial charge in [0.15, 0.2) is 5.69 Å². The summed E-state index contributed by atoms with van der Waals surface area (Å²) in [4.78, 5) is 27.8. The Kier molecular flexibility index (Phi) is 7.36. The van der Waals surface area contributed by atoms with Crippen LogP contribution in [-0.2, 0) is 9.53 Å². The average molecular weight is 423 g/mol. The third-order valence-corrected chi connectivity index (χ3v) is 5.58. The van der Waals surface area contributed by atoms with Gasteiger partial charge in [-0.1, -0.05) is 41.1 Å². The minimum atomic E-state index is -0.804. The lowest BCUT2D eigenvalue weighted by molar-refractivity contribution is -0.126. The molecule has 3 rings (SSSR count). The van der Waals surface area contributed by atoms with E-state index in [0.29, 0.717) is 17.2 Å². The highest BCUT2D eigenvalue weighted by Gasteiger charge is 2.34. The van der Waals surface area contributed by atoms with Crippen molar-refractivity contribution in [2.75, 3.05) is 20.3 Å². The number of methoxy groups -OCH3 is 1. The molecule has 0 spiro atoms. The molecule has 1 aliphatic carbocycles. The topological polar surface area (TPSA) is 84.4 Å². The molecule has 2 amide bonds. The molecule has 1 atom stereocenters. The van der Waals surface area contributed by atoms with Gasteiger partial charge in [-0.15, -0.1) is 5.10 Å². The summed E-state index contributed by atoms with van der Waals surface area (Å²) in [5, 5.41) is 9.14. The van der Waals surface area contributed by atoms with Crippen molar-refractivity contribution in [1.82, 2.24) is 19.8 Å². The number of nitrogens with one attached hydrogen (secondary N) is 1. The Balaban J connectivity index is 1.93. The normalized spacial score (nSPS) is 15.4. The van der Waals surface area contributed by atoms with Crippen LogP contribution in [0, 0.1) is 0 Å². The number of hydrogen-bond donors (Lipinski definition) is 1. The largest absolute Gasteiger partial charge is 0.383 e. The molecule has 0 saturated heterocycles. The number of hydrogen-bond acceptors (Lipinski definition) is 6. The zero-order chi connectivity index (χ0) is 19.9. The molecule has 0 unspecified atom stereocenters. The number of aromatic nitrogens is 2. The zero-order valence-electron chi connectivity index (χ0n) is 15.6. The predicted molar refractivity (Wildman–Crippen MR) is 107 cm³/mol. The number of rotatable bonds is 8. The maximum Gasteiger partial charge on any atom is 0.276 e. The molecule has 0 bridgehead atoms. The second-order valence-electron chi connectivity index (χ2n) is 6.73. The van der Waals surface area contributed by atoms with Crippen molar-refractivity contribution in [3.05, 3.63) is 45.9 Å². The highest BCUT2D eigenvalue weighted by atomic mass is 35.5. The van der Waals surface area contributed by atoms with Crippen molar-refractivity contribution in [3.8, 4) is 0 Å². The van der Waals surface area contributed by atoms with Crippen molar-refractivity contribution in [2.45, 2.75) is 37.8 Å². The van der Waals surface area contributed by atoms with Crippen molar-refractivity contribution in [1.29, 1.82) is 0 Å². The molecule has 150 valence electrons. The monoisotopic (exact) mass is 422 g/mol. The smallest absolute Gasteiger partial charge is 0.276 e. The van der Waals surface area contributed by atoms with Gasteiger partial charge in [0.2, 0.25) is 5.91 Å². The number of ether oxygens (including phenoxy) is 1. The van der Waals surface area contributed by atoms with Gasteiger partial charge in [-0.2, -0.15) is 0 Å². The summed E-state index contributed by atoms with van der Waals surface area (Å²) in [6.45, 7) is 0.544. The van der Waals surface area contributed by atoms with Crippen LogP contribution in [0.3, 0.4) is 0 Å². The van der Waals surface area contributed by atoms with E-state index >= 15 is 0 Å². The van der Waals surface area contributed by atoms with Crippen LogP contribution in [0.25, 0.3) is 0 Å². The van der Waals surface area contributed by atoms with Crippen LogP contribution in [-0.4, -0.2) is 52.6 Å². The van der Waals surface area contributed by atoms with Gasteiger partial charge in [0.1, 0.15) is 6.04 Å². The van der Waals surface area contributed by atoms with E-state index in [2.05, 4.69) is 14.9 Å². The summed E-state index contributed by atoms with van der Waals surface area (Å²) < 4.78 is 8.95. The quantitative estimate of drug-likeness (QED) is 0.706. The third kappa shape index (κ3) is 5.06. The Morgan fingerprint density at radius 1 is 1.32 bits per heavy atom. The van der Waals surface area contributed by atoms with Crippen LogP contribution < -0.4 is 5.32 Å². The molecule has 1 saturated carbocycles. The standard InChI is InChI=1S/C19H23ClN4O3S/c1-27-11-10-24(19(26)16-12-28-23-22-16)17(13-6-8-14(20)9-7-13)18(25)21-15-4-2-3-5-15/h6-9,12,15,17H,2-5,10-11H2,1H3,(H,21,25)/t17-/m1/s1. The molecular weight excluding hydrogens is 400 g/mol. The fourth-order valence-corrected chi connectivity index (χ4v) is 3.97. The third-order valence-electron chi connectivity index (χ3n) is 4.82. The molecule has 1 N–H and O–H groups in total. The van der Waals surface area contributed by atoms with Crippen LogP contribution in [0.2, 0.25) is 5.02 Å². The number of benzene rings is 1. The number of amides is 2. The van der Waals surface area contributed by atoms with Crippen molar-refractivity contribution >= 4 is 34.9 Å². The van der Waals surface area contributed by atoms with Crippen LogP contribution in [0.1, 0.15) is 47.8 Å². The van der Waals surface area contributed by atoms with Crippen molar-refractivity contribution < 1.29 is 14.3 Å². The van der Waals surface area contributed by atoms with Gasteiger partial charge >= 0.3 is 0 Å². The van der Waals surface area contributed by atoms with E-state index < -0.39 is 6.04 Å². The molecule has 0 aliphatic heterocycles. The number of carbonyl (C=O) groups is 2. The first-order valence-electron chi connectivity index (χ1n) is 9.23. The fourth-order valence-electron chi connectivity index (χ4n) is 3.41. The molecule has 1 aromatic heterocycles. The van der Waals surface area contributed by atoms with E-state index in [9.17, 15) is 9.59 Å². The van der Waals surface area contributed by atoms with E-state index in [0.717, 1.165) is 37.2 Å². The first-order valence-corrected chi connectivity index (χ1v) is 10.4. The molecule has 1 aliphatic rings. The molecule has 1 heterocycles. The average Bonchev–Trinajstić information content (AvgIpc) is 3.39. The lowest BCUT2D eigenvalue weighted by Gasteiger charge is -2.31. The summed E-state index contributed by atoms with van der Waals surface area (Å²) in [7, 11) is 1.56. The van der Waals surface area contributed by atoms with E-state index in [-0.39, 0.29) is 30.1 Å². The van der Waals surface area contributed by atoms with Gasteiger partial charge in [-0.05, 0) is 42.1 Å². The molecule has 1 fully saturated rings. The van der Waals surface area contributed by atoms with Gasteiger partial charge in [0.25, 0.3) is 5.91 Å². The Hall–Kier alpha value is -2.03. The summed E-state index contributed by atoms with van der Waals surface area (Å²) in [6, 6.07) is 6.32. The van der Waals surface area contributed by atoms with E-state index in [1.165, 1.54) is 4.90 Å². The summed E-state index contributed by atoms with van der Waals surface area (Å²) in [5.41, 5.74) is 0.904. The lowest BCUT2D eigenvalue weighted by Crippen LogP contribution is -2.47. The highest BCUT2D eigenvalue weighted by molar-refractivity contribution is 7.03. The number of halogens is 1. The molecule has 9 heteroatoms. The second kappa shape index (κ2) is 9.95. The van der Waals surface area contributed by atoms with Crippen LogP contribution in [0.15, 0.2) is 29.6 Å². The zero-order valence-corrected chi connectivity index (χ0v) is 17.2. The SMILES string of the molecule is COCCN(C(=O)c1csnn1)[C@@H](C(=O)NC1CCCC1)c1ccc(Cl)cc1. The Labute approximate surface area is 173 Å². The van der Waals surface area contributed by atoms with Gasteiger partial charge < -0.3 is 15.0 Å². The van der Waals surface area contributed by atoms with Gasteiger partial charge in [-0.25, -0.2) is 0 Å². The molecule has 1 aromatic carbocycles. The maximum atomic E-state index is 13.3. The Bertz CT molecular complexity index is 779. The van der Waals surface area contributed by atoms with Gasteiger partial charge in [-0.3, -0.25) is 9.59 Å². The minimum Gasteiger partial charge on any atom is -0.383 e. The highest BCUT2D eigenvalue weighted by Crippen LogP contribution is 2.26. The fraction of sp³-hybridized carbons (Fsp3) is 0.474. The Morgan fingerprint density at radius 3 is 2.64 bits per heavy atom. The Morgan fingerprint density at radius 2 is 2.04 bits per heavy atom. The summed E-state index contributed by atoms with van der Waals surface area (Å²) >= 11 is 7.12. The van der Waals surface area contributed by atoms with Crippen molar-refractivity contribution in [3.63, 3.8) is 0 Å². The van der Waals surface area contributed by atoms with E-state index in [4.69, 9.17) is 16.3 Å². The van der Waals surface area contributed by atoms with Crippen LogP contribution in [0.4, 0.5) is 0 Å². The van der Waals surface area contributed by atoms with Gasteiger partial charge in [0.05, 0.1) is 6.61 Å². The van der Waals surface area contributed by atoms with E-state index in [1.807, 2.05) is 0 Å². The molecule has 2 aromatic rings. The van der Waals surface area contributed by atoms with Crippen LogP contribution in [0.5, 0.6) is 0 Å². The first kappa shape index (κ1) is 20.7. The van der Waals surface area contributed by atoms with Crippen molar-refractivity contribution in [2.24, 2.45) is 0 Å². The predicted octanol–water partition coefficient (Wildman–Crippen LogP) is 3.08.